The topological polar surface area (TPSA) is 0 Å². The van der Waals surface area contributed by atoms with Crippen LogP contribution >= 0.6 is 23.2 Å². The maximum Gasteiger partial charge on any atom is 0.0607 e. The first-order valence-electron chi connectivity index (χ1n) is 4.02. The van der Waals surface area contributed by atoms with Gasteiger partial charge in [0.1, 0.15) is 0 Å². The Kier molecular flexibility index (Phi) is 2.88. The van der Waals surface area contributed by atoms with Crippen molar-refractivity contribution in [1.82, 2.24) is 0 Å². The van der Waals surface area contributed by atoms with E-state index in [1.807, 2.05) is 0 Å². The van der Waals surface area contributed by atoms with E-state index in [2.05, 4.69) is 6.92 Å². The molecular formula is C8H14Cl2. The van der Waals surface area contributed by atoms with Crippen molar-refractivity contribution in [1.29, 1.82) is 0 Å². The normalized spacial score (nSPS) is 41.7. The van der Waals surface area contributed by atoms with Crippen molar-refractivity contribution in [3.8, 4) is 0 Å². The average molecular weight is 181 g/mol. The lowest BCUT2D eigenvalue weighted by Crippen LogP contribution is -2.35. The maximum absolute atomic E-state index is 6.28. The van der Waals surface area contributed by atoms with Crippen LogP contribution in [0.3, 0.4) is 0 Å². The monoisotopic (exact) mass is 180 g/mol. The van der Waals surface area contributed by atoms with Gasteiger partial charge < -0.3 is 0 Å². The molecule has 1 saturated carbocycles. The highest BCUT2D eigenvalue weighted by Crippen LogP contribution is 2.40. The first kappa shape index (κ1) is 8.67. The molecule has 0 spiro atoms. The molecule has 1 aliphatic carbocycles. The molecule has 1 rings (SSSR count). The largest absolute Gasteiger partial charge is 0.121 e. The Balaban J connectivity index is 2.54. The first-order chi connectivity index (χ1) is 4.69. The van der Waals surface area contributed by atoms with E-state index in [4.69, 9.17) is 23.2 Å². The molecule has 0 heterocycles. The van der Waals surface area contributed by atoms with Crippen LogP contribution < -0.4 is 0 Å². The van der Waals surface area contributed by atoms with E-state index in [1.54, 1.807) is 0 Å². The second kappa shape index (κ2) is 3.32. The number of hydrogen-bond donors (Lipinski definition) is 0. The molecule has 0 amide bonds. The van der Waals surface area contributed by atoms with E-state index < -0.39 is 0 Å². The zero-order chi connectivity index (χ0) is 7.61. The number of halogens is 2. The van der Waals surface area contributed by atoms with Crippen LogP contribution in [0.15, 0.2) is 0 Å². The molecule has 0 aromatic heterocycles. The average Bonchev–Trinajstić information content (AvgIpc) is 1.96. The molecule has 0 saturated heterocycles. The maximum atomic E-state index is 6.28. The lowest BCUT2D eigenvalue weighted by Gasteiger charge is -2.34. The second-order valence-corrected chi connectivity index (χ2v) is 4.38. The second-order valence-electron chi connectivity index (χ2n) is 3.10. The third-order valence-electron chi connectivity index (χ3n) is 2.45. The minimum atomic E-state index is -0.0835. The van der Waals surface area contributed by atoms with Gasteiger partial charge in [-0.3, -0.25) is 0 Å². The molecule has 1 aliphatic rings. The van der Waals surface area contributed by atoms with Gasteiger partial charge in [0.25, 0.3) is 0 Å². The highest BCUT2D eigenvalue weighted by molar-refractivity contribution is 6.32. The summed E-state index contributed by atoms with van der Waals surface area (Å²) in [6.07, 6.45) is 5.70. The lowest BCUT2D eigenvalue weighted by molar-refractivity contribution is 0.387. The molecule has 2 unspecified atom stereocenters. The van der Waals surface area contributed by atoms with Crippen molar-refractivity contribution < 1.29 is 0 Å². The predicted octanol–water partition coefficient (Wildman–Crippen LogP) is 3.56. The summed E-state index contributed by atoms with van der Waals surface area (Å²) < 4.78 is 0. The van der Waals surface area contributed by atoms with Gasteiger partial charge in [0.15, 0.2) is 0 Å². The predicted molar refractivity (Wildman–Crippen MR) is 47.0 cm³/mol. The quantitative estimate of drug-likeness (QED) is 0.542. The van der Waals surface area contributed by atoms with Crippen LogP contribution in [0.1, 0.15) is 39.0 Å². The van der Waals surface area contributed by atoms with E-state index in [1.165, 1.54) is 12.8 Å². The Hall–Kier alpha value is 0.580. The van der Waals surface area contributed by atoms with Crippen LogP contribution in [-0.4, -0.2) is 10.3 Å². The van der Waals surface area contributed by atoms with Crippen LogP contribution in [0, 0.1) is 0 Å². The van der Waals surface area contributed by atoms with Gasteiger partial charge in [-0.15, -0.1) is 23.2 Å². The summed E-state index contributed by atoms with van der Waals surface area (Å²) in [6.45, 7) is 2.12. The molecule has 0 aromatic rings. The van der Waals surface area contributed by atoms with Gasteiger partial charge in [-0.2, -0.15) is 0 Å². The minimum Gasteiger partial charge on any atom is -0.121 e. The fourth-order valence-electron chi connectivity index (χ4n) is 1.56. The van der Waals surface area contributed by atoms with Crippen molar-refractivity contribution in [2.75, 3.05) is 0 Å². The summed E-state index contributed by atoms with van der Waals surface area (Å²) in [7, 11) is 0. The molecule has 2 atom stereocenters. The standard InChI is InChI=1S/C8H14Cl2/c1-2-8(10)6-4-3-5-7(8)9/h7H,2-6H2,1H3. The molecule has 1 fully saturated rings. The van der Waals surface area contributed by atoms with E-state index in [0.29, 0.717) is 0 Å². The smallest absolute Gasteiger partial charge is 0.0607 e. The fraction of sp³-hybridized carbons (Fsp3) is 1.00. The fourth-order valence-corrected chi connectivity index (χ4v) is 2.22. The Labute approximate surface area is 72.9 Å². The summed E-state index contributed by atoms with van der Waals surface area (Å²) in [5.74, 6) is 0. The molecule has 2 heteroatoms. The molecule has 0 bridgehead atoms. The van der Waals surface area contributed by atoms with E-state index >= 15 is 0 Å². The summed E-state index contributed by atoms with van der Waals surface area (Å²) >= 11 is 12.4. The van der Waals surface area contributed by atoms with Crippen LogP contribution in [-0.2, 0) is 0 Å². The number of alkyl halides is 2. The van der Waals surface area contributed by atoms with Crippen LogP contribution in [0.4, 0.5) is 0 Å². The zero-order valence-electron chi connectivity index (χ0n) is 6.37. The van der Waals surface area contributed by atoms with E-state index in [-0.39, 0.29) is 10.3 Å². The van der Waals surface area contributed by atoms with Gasteiger partial charge in [0, 0.05) is 0 Å². The Bertz CT molecular complexity index is 114. The van der Waals surface area contributed by atoms with Crippen molar-refractivity contribution in [2.24, 2.45) is 0 Å². The molecule has 0 aromatic carbocycles. The van der Waals surface area contributed by atoms with Gasteiger partial charge in [-0.25, -0.2) is 0 Å². The zero-order valence-corrected chi connectivity index (χ0v) is 7.88. The van der Waals surface area contributed by atoms with Gasteiger partial charge in [-0.1, -0.05) is 19.8 Å². The summed E-state index contributed by atoms with van der Waals surface area (Å²) in [5.41, 5.74) is 0. The van der Waals surface area contributed by atoms with Crippen molar-refractivity contribution >= 4 is 23.2 Å². The van der Waals surface area contributed by atoms with Gasteiger partial charge >= 0.3 is 0 Å². The highest BCUT2D eigenvalue weighted by Gasteiger charge is 2.35. The molecule has 0 N–H and O–H groups in total. The van der Waals surface area contributed by atoms with Gasteiger partial charge in [0.05, 0.1) is 10.3 Å². The minimum absolute atomic E-state index is 0.0835. The van der Waals surface area contributed by atoms with Crippen LogP contribution in [0.5, 0.6) is 0 Å². The SMILES string of the molecule is CCC1(Cl)CCCCC1Cl. The first-order valence-corrected chi connectivity index (χ1v) is 4.83. The summed E-state index contributed by atoms with van der Waals surface area (Å²) in [4.78, 5) is -0.0835. The molecule has 10 heavy (non-hydrogen) atoms. The Morgan fingerprint density at radius 1 is 1.50 bits per heavy atom. The third-order valence-corrected chi connectivity index (χ3v) is 3.92. The van der Waals surface area contributed by atoms with Crippen LogP contribution in [0.2, 0.25) is 0 Å². The van der Waals surface area contributed by atoms with E-state index in [9.17, 15) is 0 Å². The Morgan fingerprint density at radius 3 is 2.60 bits per heavy atom. The van der Waals surface area contributed by atoms with Crippen LogP contribution in [0.25, 0.3) is 0 Å². The van der Waals surface area contributed by atoms with Crippen molar-refractivity contribution in [3.63, 3.8) is 0 Å². The number of hydrogen-bond acceptors (Lipinski definition) is 0. The molecular weight excluding hydrogens is 167 g/mol. The lowest BCUT2D eigenvalue weighted by atomic mass is 9.86. The molecule has 60 valence electrons. The molecule has 0 radical (unpaired) electrons. The van der Waals surface area contributed by atoms with Gasteiger partial charge in [0.2, 0.25) is 0 Å². The molecule has 0 nitrogen and oxygen atoms in total. The van der Waals surface area contributed by atoms with Crippen molar-refractivity contribution in [3.05, 3.63) is 0 Å². The summed E-state index contributed by atoms with van der Waals surface area (Å²) in [5, 5.41) is 0.202. The highest BCUT2D eigenvalue weighted by atomic mass is 35.5. The Morgan fingerprint density at radius 2 is 2.20 bits per heavy atom. The summed E-state index contributed by atoms with van der Waals surface area (Å²) in [6, 6.07) is 0. The van der Waals surface area contributed by atoms with Gasteiger partial charge in [-0.05, 0) is 19.3 Å². The molecule has 0 aliphatic heterocycles. The van der Waals surface area contributed by atoms with E-state index in [0.717, 1.165) is 19.3 Å². The third kappa shape index (κ3) is 1.60. The number of rotatable bonds is 1. The van der Waals surface area contributed by atoms with Crippen molar-refractivity contribution in [2.45, 2.75) is 49.3 Å².